The minimum atomic E-state index is -3.78. The highest BCUT2D eigenvalue weighted by Crippen LogP contribution is 2.40. The van der Waals surface area contributed by atoms with E-state index in [0.29, 0.717) is 17.9 Å². The first kappa shape index (κ1) is 18.8. The molecule has 0 aromatic heterocycles. The molecule has 2 aromatic rings. The van der Waals surface area contributed by atoms with Crippen LogP contribution in [0.5, 0.6) is 5.75 Å². The summed E-state index contributed by atoms with van der Waals surface area (Å²) < 4.78 is 33.8. The van der Waals surface area contributed by atoms with Crippen molar-refractivity contribution in [3.8, 4) is 5.75 Å². The van der Waals surface area contributed by atoms with Gasteiger partial charge in [-0.25, -0.2) is 8.42 Å². The number of fused-ring (bicyclic) bond motifs is 1. The fourth-order valence-corrected chi connectivity index (χ4v) is 4.85. The summed E-state index contributed by atoms with van der Waals surface area (Å²) in [6.45, 7) is 3.89. The molecule has 2 aliphatic rings. The van der Waals surface area contributed by atoms with Crippen molar-refractivity contribution >= 4 is 27.3 Å². The lowest BCUT2D eigenvalue weighted by molar-refractivity contribution is -0.120. The molecular formula is C21H24N2O4S. The third-order valence-electron chi connectivity index (χ3n) is 5.34. The van der Waals surface area contributed by atoms with E-state index in [4.69, 9.17) is 4.74 Å². The number of carbonyl (C=O) groups excluding carboxylic acids is 1. The van der Waals surface area contributed by atoms with Crippen molar-refractivity contribution in [1.29, 1.82) is 0 Å². The molecule has 1 aliphatic heterocycles. The van der Waals surface area contributed by atoms with E-state index in [-0.39, 0.29) is 22.8 Å². The maximum absolute atomic E-state index is 12.9. The number of methoxy groups -OCH3 is 1. The Balaban J connectivity index is 1.64. The van der Waals surface area contributed by atoms with Crippen LogP contribution in [0.4, 0.5) is 11.4 Å². The molecule has 7 heteroatoms. The van der Waals surface area contributed by atoms with Crippen LogP contribution < -0.4 is 14.4 Å². The summed E-state index contributed by atoms with van der Waals surface area (Å²) >= 11 is 0. The first-order valence-electron chi connectivity index (χ1n) is 9.43. The van der Waals surface area contributed by atoms with Crippen LogP contribution in [0.1, 0.15) is 30.9 Å². The van der Waals surface area contributed by atoms with Crippen LogP contribution >= 0.6 is 0 Å². The number of carbonyl (C=O) groups is 1. The Morgan fingerprint density at radius 1 is 1.18 bits per heavy atom. The molecular weight excluding hydrogens is 376 g/mol. The molecule has 1 N–H and O–H groups in total. The molecule has 0 saturated heterocycles. The van der Waals surface area contributed by atoms with Crippen LogP contribution in [0, 0.1) is 12.8 Å². The van der Waals surface area contributed by atoms with E-state index in [1.165, 1.54) is 7.11 Å². The molecule has 6 nitrogen and oxygen atoms in total. The summed E-state index contributed by atoms with van der Waals surface area (Å²) in [6, 6.07) is 10.4. The minimum Gasteiger partial charge on any atom is -0.495 e. The second-order valence-corrected chi connectivity index (χ2v) is 9.32. The predicted octanol–water partition coefficient (Wildman–Crippen LogP) is 3.49. The van der Waals surface area contributed by atoms with Crippen molar-refractivity contribution < 1.29 is 17.9 Å². The van der Waals surface area contributed by atoms with E-state index in [9.17, 15) is 13.2 Å². The number of hydrogen-bond acceptors (Lipinski definition) is 4. The molecule has 1 amide bonds. The number of sulfonamides is 1. The van der Waals surface area contributed by atoms with Crippen molar-refractivity contribution in [2.45, 2.75) is 44.0 Å². The number of aryl methyl sites for hydroxylation is 1. The lowest BCUT2D eigenvalue weighted by Crippen LogP contribution is -2.36. The molecule has 1 saturated carbocycles. The summed E-state index contributed by atoms with van der Waals surface area (Å²) in [4.78, 5) is 14.6. The van der Waals surface area contributed by atoms with Gasteiger partial charge in [-0.2, -0.15) is 0 Å². The third-order valence-corrected chi connectivity index (χ3v) is 6.70. The fraction of sp³-hybridized carbons (Fsp3) is 0.381. The zero-order valence-corrected chi connectivity index (χ0v) is 17.0. The number of hydrogen-bond donors (Lipinski definition) is 1. The first-order valence-corrected chi connectivity index (χ1v) is 10.9. The molecule has 4 rings (SSSR count). The van der Waals surface area contributed by atoms with Gasteiger partial charge >= 0.3 is 0 Å². The van der Waals surface area contributed by atoms with Crippen LogP contribution in [-0.2, 0) is 21.2 Å². The summed E-state index contributed by atoms with van der Waals surface area (Å²) in [6.07, 6.45) is 2.56. The van der Waals surface area contributed by atoms with Gasteiger partial charge in [0.25, 0.3) is 10.0 Å². The molecule has 1 aliphatic carbocycles. The van der Waals surface area contributed by atoms with Gasteiger partial charge in [-0.05, 0) is 74.6 Å². The normalized spacial score (nSPS) is 18.7. The number of amides is 1. The van der Waals surface area contributed by atoms with Gasteiger partial charge < -0.3 is 9.64 Å². The number of anilines is 2. The van der Waals surface area contributed by atoms with Gasteiger partial charge in [-0.15, -0.1) is 0 Å². The van der Waals surface area contributed by atoms with E-state index in [2.05, 4.69) is 4.72 Å². The Labute approximate surface area is 165 Å². The van der Waals surface area contributed by atoms with Crippen LogP contribution in [0.25, 0.3) is 0 Å². The zero-order valence-electron chi connectivity index (χ0n) is 16.2. The zero-order chi connectivity index (χ0) is 20.1. The van der Waals surface area contributed by atoms with Crippen molar-refractivity contribution in [3.05, 3.63) is 47.5 Å². The van der Waals surface area contributed by atoms with Crippen molar-refractivity contribution in [3.63, 3.8) is 0 Å². The molecule has 148 valence electrons. The fourth-order valence-electron chi connectivity index (χ4n) is 3.74. The quantitative estimate of drug-likeness (QED) is 0.834. The Morgan fingerprint density at radius 3 is 2.61 bits per heavy atom. The lowest BCUT2D eigenvalue weighted by atomic mass is 10.1. The van der Waals surface area contributed by atoms with E-state index in [1.54, 1.807) is 30.3 Å². The second kappa shape index (κ2) is 6.81. The monoisotopic (exact) mass is 400 g/mol. The Morgan fingerprint density at radius 2 is 1.93 bits per heavy atom. The number of benzene rings is 2. The maximum Gasteiger partial charge on any atom is 0.262 e. The van der Waals surface area contributed by atoms with E-state index in [1.807, 2.05) is 24.8 Å². The molecule has 0 unspecified atom stereocenters. The minimum absolute atomic E-state index is 0.0471. The number of ether oxygens (including phenoxy) is 1. The largest absolute Gasteiger partial charge is 0.495 e. The summed E-state index contributed by atoms with van der Waals surface area (Å²) in [7, 11) is -2.27. The summed E-state index contributed by atoms with van der Waals surface area (Å²) in [5, 5.41) is 0. The topological polar surface area (TPSA) is 75.7 Å². The smallest absolute Gasteiger partial charge is 0.262 e. The van der Waals surface area contributed by atoms with E-state index in [0.717, 1.165) is 29.7 Å². The first-order chi connectivity index (χ1) is 13.3. The van der Waals surface area contributed by atoms with Gasteiger partial charge in [-0.3, -0.25) is 9.52 Å². The average molecular weight is 401 g/mol. The van der Waals surface area contributed by atoms with Gasteiger partial charge in [0.05, 0.1) is 17.7 Å². The van der Waals surface area contributed by atoms with Crippen molar-refractivity contribution in [2.24, 2.45) is 5.92 Å². The number of nitrogens with one attached hydrogen (secondary N) is 1. The van der Waals surface area contributed by atoms with Crippen LogP contribution in [0.2, 0.25) is 0 Å². The number of nitrogens with zero attached hydrogens (tertiary/aromatic N) is 1. The highest BCUT2D eigenvalue weighted by molar-refractivity contribution is 7.92. The van der Waals surface area contributed by atoms with Gasteiger partial charge in [-0.1, -0.05) is 6.07 Å². The van der Waals surface area contributed by atoms with E-state index >= 15 is 0 Å². The molecule has 1 heterocycles. The molecule has 2 aromatic carbocycles. The Hall–Kier alpha value is -2.54. The molecule has 0 spiro atoms. The van der Waals surface area contributed by atoms with Crippen molar-refractivity contribution in [1.82, 2.24) is 0 Å². The van der Waals surface area contributed by atoms with Crippen LogP contribution in [0.15, 0.2) is 41.3 Å². The lowest BCUT2D eigenvalue weighted by Gasteiger charge is -2.22. The van der Waals surface area contributed by atoms with Crippen molar-refractivity contribution in [2.75, 3.05) is 16.7 Å². The van der Waals surface area contributed by atoms with Gasteiger partial charge in [0.2, 0.25) is 5.91 Å². The highest BCUT2D eigenvalue weighted by Gasteiger charge is 2.39. The van der Waals surface area contributed by atoms with Gasteiger partial charge in [0.15, 0.2) is 0 Å². The average Bonchev–Trinajstić information content (AvgIpc) is 3.43. The van der Waals surface area contributed by atoms with Crippen LogP contribution in [0.3, 0.4) is 0 Å². The standard InChI is InChI=1S/C21H24N2O4S/c1-13-4-9-20(27-3)18(10-13)22-28(25,26)17-7-8-19-16(12-17)11-14(2)23(19)21(24)15-5-6-15/h4,7-10,12,14-15,22H,5-6,11H2,1-3H3/t14-/m0/s1. The van der Waals surface area contributed by atoms with Gasteiger partial charge in [0, 0.05) is 17.6 Å². The summed E-state index contributed by atoms with van der Waals surface area (Å²) in [5.74, 6) is 0.752. The van der Waals surface area contributed by atoms with Crippen LogP contribution in [-0.4, -0.2) is 27.5 Å². The summed E-state index contributed by atoms with van der Waals surface area (Å²) in [5.41, 5.74) is 3.05. The highest BCUT2D eigenvalue weighted by atomic mass is 32.2. The Bertz CT molecular complexity index is 1040. The number of rotatable bonds is 5. The molecule has 1 fully saturated rings. The SMILES string of the molecule is COc1ccc(C)cc1NS(=O)(=O)c1ccc2c(c1)C[C@H](C)N2C(=O)C1CC1. The molecule has 28 heavy (non-hydrogen) atoms. The second-order valence-electron chi connectivity index (χ2n) is 7.64. The maximum atomic E-state index is 12.9. The van der Waals surface area contributed by atoms with E-state index < -0.39 is 10.0 Å². The Kier molecular flexibility index (Phi) is 4.57. The van der Waals surface area contributed by atoms with Gasteiger partial charge in [0.1, 0.15) is 5.75 Å². The molecule has 0 bridgehead atoms. The molecule has 1 atom stereocenters. The molecule has 0 radical (unpaired) electrons. The third kappa shape index (κ3) is 3.35. The predicted molar refractivity (Wildman–Crippen MR) is 108 cm³/mol.